The summed E-state index contributed by atoms with van der Waals surface area (Å²) < 4.78 is 44.4. The first-order chi connectivity index (χ1) is 18.7. The lowest BCUT2D eigenvalue weighted by molar-refractivity contribution is -0.138. The summed E-state index contributed by atoms with van der Waals surface area (Å²) in [4.78, 5) is 18.2. The topological polar surface area (TPSA) is 62.7 Å². The number of halogens is 3. The standard InChI is InChI=1S/C31H37F3N2O3/c1-39-27-11-12-29-28(20-27)24(14-16-35-29)8-3-7-23-15-18-36(21-25(23)10-13-30(37)38)17-4-6-22-5-2-9-26(19-22)31(32,33)34/h2,5,9,11-12,14,16,19-20,23,25H,3-4,6-8,10,13,15,17-18,21H2,1H3,(H,37,38). The maximum Gasteiger partial charge on any atom is 0.416 e. The number of hydrogen-bond acceptors (Lipinski definition) is 4. The van der Waals surface area contributed by atoms with Crippen molar-refractivity contribution in [1.29, 1.82) is 0 Å². The summed E-state index contributed by atoms with van der Waals surface area (Å²) in [5.74, 6) is 0.808. The van der Waals surface area contributed by atoms with Gasteiger partial charge in [-0.15, -0.1) is 0 Å². The number of carboxylic acid groups (broad SMARTS) is 1. The number of ether oxygens (including phenoxy) is 1. The summed E-state index contributed by atoms with van der Waals surface area (Å²) in [7, 11) is 1.66. The molecule has 2 atom stereocenters. The summed E-state index contributed by atoms with van der Waals surface area (Å²) in [6, 6.07) is 13.6. The van der Waals surface area contributed by atoms with Gasteiger partial charge in [0.05, 0.1) is 18.2 Å². The van der Waals surface area contributed by atoms with Crippen molar-refractivity contribution in [2.24, 2.45) is 11.8 Å². The Morgan fingerprint density at radius 2 is 1.92 bits per heavy atom. The van der Waals surface area contributed by atoms with Crippen molar-refractivity contribution < 1.29 is 27.8 Å². The highest BCUT2D eigenvalue weighted by Crippen LogP contribution is 2.33. The fraction of sp³-hybridized carbons (Fsp3) is 0.484. The third-order valence-corrected chi connectivity index (χ3v) is 7.96. The Labute approximate surface area is 228 Å². The number of hydrogen-bond donors (Lipinski definition) is 1. The van der Waals surface area contributed by atoms with Crippen LogP contribution in [0.4, 0.5) is 13.2 Å². The van der Waals surface area contributed by atoms with Crippen molar-refractivity contribution in [3.8, 4) is 5.75 Å². The number of aryl methyl sites for hydroxylation is 2. The molecule has 39 heavy (non-hydrogen) atoms. The second kappa shape index (κ2) is 13.3. The summed E-state index contributed by atoms with van der Waals surface area (Å²) in [6.45, 7) is 2.58. The quantitative estimate of drug-likeness (QED) is 0.267. The Balaban J connectivity index is 1.31. The number of fused-ring (bicyclic) bond motifs is 1. The van der Waals surface area contributed by atoms with Crippen LogP contribution in [0.3, 0.4) is 0 Å². The van der Waals surface area contributed by atoms with E-state index in [4.69, 9.17) is 4.74 Å². The highest BCUT2D eigenvalue weighted by molar-refractivity contribution is 5.83. The van der Waals surface area contributed by atoms with Crippen molar-refractivity contribution in [2.45, 2.75) is 57.5 Å². The molecule has 1 fully saturated rings. The second-order valence-electron chi connectivity index (χ2n) is 10.6. The third-order valence-electron chi connectivity index (χ3n) is 7.96. The van der Waals surface area contributed by atoms with Gasteiger partial charge in [-0.1, -0.05) is 18.2 Å². The molecule has 210 valence electrons. The van der Waals surface area contributed by atoms with Crippen LogP contribution in [0.1, 0.15) is 55.2 Å². The summed E-state index contributed by atoms with van der Waals surface area (Å²) in [5, 5.41) is 10.4. The zero-order valence-corrected chi connectivity index (χ0v) is 22.4. The average Bonchev–Trinajstić information content (AvgIpc) is 2.92. The number of carboxylic acids is 1. The van der Waals surface area contributed by atoms with E-state index in [1.807, 2.05) is 24.4 Å². The van der Waals surface area contributed by atoms with E-state index in [-0.39, 0.29) is 6.42 Å². The van der Waals surface area contributed by atoms with E-state index in [0.29, 0.717) is 30.2 Å². The van der Waals surface area contributed by atoms with Crippen LogP contribution in [-0.2, 0) is 23.8 Å². The van der Waals surface area contributed by atoms with Crippen molar-refractivity contribution >= 4 is 16.9 Å². The number of benzene rings is 2. The Morgan fingerprint density at radius 1 is 1.08 bits per heavy atom. The molecule has 3 aromatic rings. The molecule has 1 aliphatic heterocycles. The molecule has 1 saturated heterocycles. The minimum absolute atomic E-state index is 0.161. The van der Waals surface area contributed by atoms with E-state index in [2.05, 4.69) is 16.0 Å². The molecule has 8 heteroatoms. The first-order valence-corrected chi connectivity index (χ1v) is 13.7. The first-order valence-electron chi connectivity index (χ1n) is 13.7. The molecule has 4 rings (SSSR count). The Hall–Kier alpha value is -3.13. The normalized spacial score (nSPS) is 18.4. The molecule has 5 nitrogen and oxygen atoms in total. The molecule has 0 amide bonds. The summed E-state index contributed by atoms with van der Waals surface area (Å²) >= 11 is 0. The SMILES string of the molecule is COc1ccc2nccc(CCCC3CCN(CCCc4cccc(C(F)(F)F)c4)CC3CCC(=O)O)c2c1. The molecule has 2 heterocycles. The summed E-state index contributed by atoms with van der Waals surface area (Å²) in [5.41, 5.74) is 2.29. The number of piperidine rings is 1. The first kappa shape index (κ1) is 28.9. The van der Waals surface area contributed by atoms with Gasteiger partial charge in [0, 0.05) is 24.5 Å². The van der Waals surface area contributed by atoms with Crippen LogP contribution >= 0.6 is 0 Å². The lowest BCUT2D eigenvalue weighted by atomic mass is 9.79. The number of pyridine rings is 1. The minimum atomic E-state index is -4.33. The van der Waals surface area contributed by atoms with Gasteiger partial charge in [-0.3, -0.25) is 9.78 Å². The zero-order valence-electron chi connectivity index (χ0n) is 22.4. The van der Waals surface area contributed by atoms with Gasteiger partial charge in [0.2, 0.25) is 0 Å². The monoisotopic (exact) mass is 542 g/mol. The number of carbonyl (C=O) groups is 1. The van der Waals surface area contributed by atoms with Crippen LogP contribution < -0.4 is 4.74 Å². The van der Waals surface area contributed by atoms with Gasteiger partial charge < -0.3 is 14.7 Å². The highest BCUT2D eigenvalue weighted by Gasteiger charge is 2.31. The lowest BCUT2D eigenvalue weighted by Gasteiger charge is -2.39. The minimum Gasteiger partial charge on any atom is -0.497 e. The van der Waals surface area contributed by atoms with Gasteiger partial charge in [0.25, 0.3) is 0 Å². The van der Waals surface area contributed by atoms with Gasteiger partial charge in [0.15, 0.2) is 0 Å². The molecular weight excluding hydrogens is 505 g/mol. The molecule has 0 radical (unpaired) electrons. The van der Waals surface area contributed by atoms with Gasteiger partial charge >= 0.3 is 12.1 Å². The number of methoxy groups -OCH3 is 1. The number of aromatic nitrogens is 1. The van der Waals surface area contributed by atoms with Crippen molar-refractivity contribution in [2.75, 3.05) is 26.7 Å². The molecule has 0 aliphatic carbocycles. The molecule has 2 unspecified atom stereocenters. The van der Waals surface area contributed by atoms with Crippen LogP contribution in [0.15, 0.2) is 54.7 Å². The highest BCUT2D eigenvalue weighted by atomic mass is 19.4. The lowest BCUT2D eigenvalue weighted by Crippen LogP contribution is -2.41. The number of alkyl halides is 3. The van der Waals surface area contributed by atoms with Gasteiger partial charge in [-0.2, -0.15) is 13.2 Å². The average molecular weight is 543 g/mol. The molecule has 1 N–H and O–H groups in total. The van der Waals surface area contributed by atoms with E-state index in [1.165, 1.54) is 17.7 Å². The predicted molar refractivity (Wildman–Crippen MR) is 146 cm³/mol. The van der Waals surface area contributed by atoms with Crippen molar-refractivity contribution in [3.05, 3.63) is 71.4 Å². The number of aliphatic carboxylic acids is 1. The maximum atomic E-state index is 13.0. The Kier molecular flexibility index (Phi) is 9.83. The van der Waals surface area contributed by atoms with Gasteiger partial charge in [0.1, 0.15) is 5.75 Å². The maximum absolute atomic E-state index is 13.0. The number of likely N-dealkylation sites (tertiary alicyclic amines) is 1. The largest absolute Gasteiger partial charge is 0.497 e. The number of rotatable bonds is 12. The molecule has 0 spiro atoms. The molecule has 1 aromatic heterocycles. The molecule has 0 saturated carbocycles. The molecule has 2 aromatic carbocycles. The Bertz CT molecular complexity index is 1250. The molecular formula is C31H37F3N2O3. The van der Waals surface area contributed by atoms with Crippen LogP contribution in [0, 0.1) is 11.8 Å². The van der Waals surface area contributed by atoms with Gasteiger partial charge in [-0.25, -0.2) is 0 Å². The van der Waals surface area contributed by atoms with Crippen molar-refractivity contribution in [1.82, 2.24) is 9.88 Å². The van der Waals surface area contributed by atoms with E-state index in [0.717, 1.165) is 74.5 Å². The molecule has 0 bridgehead atoms. The van der Waals surface area contributed by atoms with E-state index in [9.17, 15) is 23.1 Å². The van der Waals surface area contributed by atoms with Crippen LogP contribution in [0.2, 0.25) is 0 Å². The fourth-order valence-corrected chi connectivity index (χ4v) is 5.87. The van der Waals surface area contributed by atoms with Crippen LogP contribution in [-0.4, -0.2) is 47.7 Å². The van der Waals surface area contributed by atoms with E-state index in [1.54, 1.807) is 13.2 Å². The molecule has 1 aliphatic rings. The smallest absolute Gasteiger partial charge is 0.416 e. The van der Waals surface area contributed by atoms with E-state index < -0.39 is 17.7 Å². The van der Waals surface area contributed by atoms with Crippen LogP contribution in [0.5, 0.6) is 5.75 Å². The van der Waals surface area contributed by atoms with Crippen molar-refractivity contribution in [3.63, 3.8) is 0 Å². The Morgan fingerprint density at radius 3 is 2.69 bits per heavy atom. The fourth-order valence-electron chi connectivity index (χ4n) is 5.87. The predicted octanol–water partition coefficient (Wildman–Crippen LogP) is 7.02. The summed E-state index contributed by atoms with van der Waals surface area (Å²) in [6.07, 6.45) is 3.69. The van der Waals surface area contributed by atoms with E-state index >= 15 is 0 Å². The number of nitrogens with zero attached hydrogens (tertiary/aromatic N) is 2. The zero-order chi connectivity index (χ0) is 27.8. The second-order valence-corrected chi connectivity index (χ2v) is 10.6. The van der Waals surface area contributed by atoms with Crippen LogP contribution in [0.25, 0.3) is 10.9 Å². The van der Waals surface area contributed by atoms with Gasteiger partial charge in [-0.05, 0) is 111 Å². The third kappa shape index (κ3) is 8.18.